The summed E-state index contributed by atoms with van der Waals surface area (Å²) in [5, 5.41) is 6.90. The Morgan fingerprint density at radius 2 is 1.12 bits per heavy atom. The highest BCUT2D eigenvalue weighted by Crippen LogP contribution is 2.38. The highest BCUT2D eigenvalue weighted by atomic mass is 16.3. The molecule has 4 nitrogen and oxygen atoms in total. The average Bonchev–Trinajstić information content (AvgIpc) is 3.60. The Bertz CT molecular complexity index is 2850. The molecule has 51 heavy (non-hydrogen) atoms. The summed E-state index contributed by atoms with van der Waals surface area (Å²) in [7, 11) is 0. The minimum Gasteiger partial charge on any atom is -0.456 e. The van der Waals surface area contributed by atoms with E-state index in [9.17, 15) is 0 Å². The van der Waals surface area contributed by atoms with Crippen LogP contribution >= 0.6 is 0 Å². The van der Waals surface area contributed by atoms with Crippen molar-refractivity contribution in [2.75, 3.05) is 0 Å². The third kappa shape index (κ3) is 5.29. The van der Waals surface area contributed by atoms with Crippen LogP contribution in [0.3, 0.4) is 0 Å². The van der Waals surface area contributed by atoms with Gasteiger partial charge in [-0.15, -0.1) is 0 Å². The first kappa shape index (κ1) is 29.3. The predicted octanol–water partition coefficient (Wildman–Crippen LogP) is 12.2. The van der Waals surface area contributed by atoms with E-state index in [4.69, 9.17) is 19.4 Å². The van der Waals surface area contributed by atoms with E-state index >= 15 is 0 Å². The Morgan fingerprint density at radius 1 is 0.490 bits per heavy atom. The van der Waals surface area contributed by atoms with Gasteiger partial charge in [0, 0.05) is 27.8 Å². The molecule has 240 valence electrons. The van der Waals surface area contributed by atoms with Crippen molar-refractivity contribution in [2.24, 2.45) is 0 Å². The maximum atomic E-state index is 6.18. The molecule has 2 aromatic heterocycles. The van der Waals surface area contributed by atoms with Crippen molar-refractivity contribution in [3.8, 4) is 33.9 Å². The van der Waals surface area contributed by atoms with Gasteiger partial charge in [0.25, 0.3) is 0 Å². The fourth-order valence-electron chi connectivity index (χ4n) is 7.37. The Balaban J connectivity index is 1.05. The second-order valence-electron chi connectivity index (χ2n) is 13.2. The molecule has 0 N–H and O–H groups in total. The molecule has 1 atom stereocenters. The highest BCUT2D eigenvalue weighted by molar-refractivity contribution is 6.12. The number of aromatic nitrogens is 3. The van der Waals surface area contributed by atoms with Crippen molar-refractivity contribution in [1.29, 1.82) is 0 Å². The quantitative estimate of drug-likeness (QED) is 0.185. The van der Waals surface area contributed by atoms with Gasteiger partial charge in [-0.1, -0.05) is 140 Å². The van der Waals surface area contributed by atoms with Crippen molar-refractivity contribution in [3.63, 3.8) is 0 Å². The summed E-state index contributed by atoms with van der Waals surface area (Å²) in [6.07, 6.45) is 7.54. The first-order valence-electron chi connectivity index (χ1n) is 17.4. The standard InChI is InChI=1S/C47H31N3O/c1-2-9-30(10-3-1)32-17-20-33(21-18-32)45-48-46(38-25-19-31-11-4-5-12-34(31)28-38)50-47(49-45)39-26-23-35-27-37(24-22-36(35)29-39)40-14-8-16-43-44(40)41-13-6-7-15-42(41)51-43/h1-20,22-29,33H,21H2. The Kier molecular flexibility index (Phi) is 6.91. The van der Waals surface area contributed by atoms with Crippen LogP contribution in [0.15, 0.2) is 174 Å². The van der Waals surface area contributed by atoms with Crippen LogP contribution in [0.2, 0.25) is 0 Å². The zero-order valence-electron chi connectivity index (χ0n) is 27.7. The van der Waals surface area contributed by atoms with Crippen molar-refractivity contribution in [2.45, 2.75) is 12.3 Å². The van der Waals surface area contributed by atoms with Gasteiger partial charge in [0.2, 0.25) is 0 Å². The Hall–Kier alpha value is -6.65. The summed E-state index contributed by atoms with van der Waals surface area (Å²) >= 11 is 0. The number of allylic oxidation sites excluding steroid dienone is 4. The van der Waals surface area contributed by atoms with E-state index in [1.165, 1.54) is 16.5 Å². The number of nitrogens with zero attached hydrogens (tertiary/aromatic N) is 3. The molecule has 10 rings (SSSR count). The van der Waals surface area contributed by atoms with Crippen LogP contribution in [-0.4, -0.2) is 15.0 Å². The van der Waals surface area contributed by atoms with Crippen LogP contribution < -0.4 is 0 Å². The molecule has 2 heterocycles. The second kappa shape index (κ2) is 12.0. The van der Waals surface area contributed by atoms with Gasteiger partial charge in [-0.2, -0.15) is 0 Å². The van der Waals surface area contributed by atoms with E-state index in [2.05, 4.69) is 152 Å². The minimum absolute atomic E-state index is 0.0446. The topological polar surface area (TPSA) is 51.8 Å². The molecule has 1 unspecified atom stereocenters. The maximum absolute atomic E-state index is 6.18. The molecule has 0 saturated heterocycles. The zero-order chi connectivity index (χ0) is 33.7. The van der Waals surface area contributed by atoms with Crippen LogP contribution in [0.5, 0.6) is 0 Å². The summed E-state index contributed by atoms with van der Waals surface area (Å²) < 4.78 is 6.18. The molecule has 4 heteroatoms. The SMILES string of the molecule is C1=CC(c2nc(-c3ccc4ccccc4c3)nc(-c3ccc4cc(-c5cccc6oc7ccccc7c56)ccc4c3)n2)CC=C1c1ccccc1. The minimum atomic E-state index is 0.0446. The molecule has 9 aromatic rings. The van der Waals surface area contributed by atoms with Gasteiger partial charge >= 0.3 is 0 Å². The lowest BCUT2D eigenvalue weighted by atomic mass is 9.92. The number of benzene rings is 7. The molecular formula is C47H31N3O. The summed E-state index contributed by atoms with van der Waals surface area (Å²) in [5.41, 5.74) is 8.50. The monoisotopic (exact) mass is 653 g/mol. The largest absolute Gasteiger partial charge is 0.456 e. The lowest BCUT2D eigenvalue weighted by Crippen LogP contribution is -2.08. The van der Waals surface area contributed by atoms with E-state index in [0.29, 0.717) is 11.6 Å². The van der Waals surface area contributed by atoms with Gasteiger partial charge in [-0.25, -0.2) is 15.0 Å². The van der Waals surface area contributed by atoms with Crippen molar-refractivity contribution in [1.82, 2.24) is 15.0 Å². The van der Waals surface area contributed by atoms with Crippen LogP contribution in [0.25, 0.3) is 83.0 Å². The normalized spacial score (nSPS) is 14.4. The van der Waals surface area contributed by atoms with Crippen molar-refractivity contribution in [3.05, 3.63) is 181 Å². The van der Waals surface area contributed by atoms with Crippen LogP contribution in [-0.2, 0) is 0 Å². The van der Waals surface area contributed by atoms with E-state index in [1.807, 2.05) is 18.2 Å². The summed E-state index contributed by atoms with van der Waals surface area (Å²) in [4.78, 5) is 15.3. The third-order valence-electron chi connectivity index (χ3n) is 10.0. The maximum Gasteiger partial charge on any atom is 0.163 e. The van der Waals surface area contributed by atoms with Crippen LogP contribution in [0, 0.1) is 0 Å². The van der Waals surface area contributed by atoms with Gasteiger partial charge in [-0.3, -0.25) is 0 Å². The zero-order valence-corrected chi connectivity index (χ0v) is 27.7. The number of furan rings is 1. The van der Waals surface area contributed by atoms with Gasteiger partial charge in [-0.05, 0) is 80.6 Å². The molecule has 1 aliphatic carbocycles. The lowest BCUT2D eigenvalue weighted by Gasteiger charge is -2.17. The molecule has 0 radical (unpaired) electrons. The number of fused-ring (bicyclic) bond motifs is 5. The van der Waals surface area contributed by atoms with Gasteiger partial charge in [0.05, 0.1) is 0 Å². The van der Waals surface area contributed by atoms with Gasteiger partial charge in [0.1, 0.15) is 17.0 Å². The van der Waals surface area contributed by atoms with Crippen molar-refractivity contribution >= 4 is 49.1 Å². The lowest BCUT2D eigenvalue weighted by molar-refractivity contribution is 0.669. The molecule has 0 aliphatic heterocycles. The number of rotatable bonds is 5. The molecule has 7 aromatic carbocycles. The number of hydrogen-bond donors (Lipinski definition) is 0. The summed E-state index contributed by atoms with van der Waals surface area (Å²) in [6, 6.07) is 53.0. The molecule has 0 saturated carbocycles. The second-order valence-corrected chi connectivity index (χ2v) is 13.2. The molecule has 0 spiro atoms. The number of para-hydroxylation sites is 1. The number of hydrogen-bond acceptors (Lipinski definition) is 4. The predicted molar refractivity (Wildman–Crippen MR) is 209 cm³/mol. The smallest absolute Gasteiger partial charge is 0.163 e. The molecule has 0 fully saturated rings. The Morgan fingerprint density at radius 3 is 1.88 bits per heavy atom. The summed E-state index contributed by atoms with van der Waals surface area (Å²) in [5.74, 6) is 2.18. The summed E-state index contributed by atoms with van der Waals surface area (Å²) in [6.45, 7) is 0. The van der Waals surface area contributed by atoms with Gasteiger partial charge in [0.15, 0.2) is 11.6 Å². The van der Waals surface area contributed by atoms with Crippen LogP contribution in [0.4, 0.5) is 0 Å². The first-order valence-corrected chi connectivity index (χ1v) is 17.4. The average molecular weight is 654 g/mol. The van der Waals surface area contributed by atoms with Gasteiger partial charge < -0.3 is 4.42 Å². The van der Waals surface area contributed by atoms with Crippen LogP contribution in [0.1, 0.15) is 23.7 Å². The molecule has 0 amide bonds. The molecular weight excluding hydrogens is 623 g/mol. The molecule has 0 bridgehead atoms. The molecule has 1 aliphatic rings. The first-order chi connectivity index (χ1) is 25.2. The van der Waals surface area contributed by atoms with E-state index in [-0.39, 0.29) is 5.92 Å². The fourth-order valence-corrected chi connectivity index (χ4v) is 7.37. The van der Waals surface area contributed by atoms with Crippen molar-refractivity contribution < 1.29 is 4.42 Å². The third-order valence-corrected chi connectivity index (χ3v) is 10.0. The van der Waals surface area contributed by atoms with E-state index in [1.54, 1.807) is 0 Å². The highest BCUT2D eigenvalue weighted by Gasteiger charge is 2.20. The van der Waals surface area contributed by atoms with E-state index < -0.39 is 0 Å². The fraction of sp³-hybridized carbons (Fsp3) is 0.0426. The Labute approximate surface area is 295 Å². The van der Waals surface area contributed by atoms with E-state index in [0.717, 1.165) is 72.6 Å².